The summed E-state index contributed by atoms with van der Waals surface area (Å²) < 4.78 is 0. The van der Waals surface area contributed by atoms with E-state index in [1.165, 1.54) is 81.1 Å². The summed E-state index contributed by atoms with van der Waals surface area (Å²) in [5, 5.41) is 10.7. The third-order valence-electron chi connectivity index (χ3n) is 8.58. The molecule has 2 aromatic carbocycles. The maximum absolute atomic E-state index is 10.7. The Balaban J connectivity index is 1.44. The third kappa shape index (κ3) is 3.03. The maximum Gasteiger partial charge on any atom is 0.116 e. The van der Waals surface area contributed by atoms with Gasteiger partial charge in [0.1, 0.15) is 5.75 Å². The summed E-state index contributed by atoms with van der Waals surface area (Å²) in [7, 11) is 0. The zero-order chi connectivity index (χ0) is 19.4. The number of benzene rings is 2. The van der Waals surface area contributed by atoms with Gasteiger partial charge in [0.2, 0.25) is 0 Å². The smallest absolute Gasteiger partial charge is 0.116 e. The molecule has 2 aromatic rings. The molecular weight excluding hydrogens is 354 g/mol. The molecule has 1 saturated heterocycles. The summed E-state index contributed by atoms with van der Waals surface area (Å²) in [5.41, 5.74) is 6.14. The van der Waals surface area contributed by atoms with Gasteiger partial charge in [-0.25, -0.2) is 0 Å². The highest BCUT2D eigenvalue weighted by Crippen LogP contribution is 2.57. The van der Waals surface area contributed by atoms with E-state index >= 15 is 0 Å². The molecule has 6 rings (SSSR count). The van der Waals surface area contributed by atoms with Crippen molar-refractivity contribution in [2.45, 2.75) is 69.2 Å². The minimum Gasteiger partial charge on any atom is -0.508 e. The van der Waals surface area contributed by atoms with Crippen molar-refractivity contribution in [2.75, 3.05) is 13.1 Å². The lowest BCUT2D eigenvalue weighted by atomic mass is 9.52. The van der Waals surface area contributed by atoms with Gasteiger partial charge in [0, 0.05) is 18.0 Å². The fourth-order valence-corrected chi connectivity index (χ4v) is 7.08. The Morgan fingerprint density at radius 2 is 1.86 bits per heavy atom. The van der Waals surface area contributed by atoms with Gasteiger partial charge in [0.15, 0.2) is 0 Å². The molecule has 1 heterocycles. The molecule has 0 amide bonds. The Labute approximate surface area is 174 Å². The normalized spacial score (nSPS) is 31.2. The van der Waals surface area contributed by atoms with E-state index in [-0.39, 0.29) is 0 Å². The van der Waals surface area contributed by atoms with Crippen LogP contribution in [0.1, 0.15) is 67.2 Å². The average molecular weight is 388 g/mol. The maximum atomic E-state index is 10.7. The summed E-state index contributed by atoms with van der Waals surface area (Å²) in [5.74, 6) is 2.24. The summed E-state index contributed by atoms with van der Waals surface area (Å²) in [6.07, 6.45) is 11.8. The molecule has 152 valence electrons. The Kier molecular flexibility index (Phi) is 4.27. The van der Waals surface area contributed by atoms with Crippen molar-refractivity contribution in [1.29, 1.82) is 0 Å². The zero-order valence-corrected chi connectivity index (χ0v) is 17.4. The number of piperidine rings is 1. The van der Waals surface area contributed by atoms with Crippen LogP contribution >= 0.6 is 0 Å². The summed E-state index contributed by atoms with van der Waals surface area (Å²) >= 11 is 0. The zero-order valence-electron chi connectivity index (χ0n) is 17.4. The second kappa shape index (κ2) is 6.87. The van der Waals surface area contributed by atoms with Crippen LogP contribution in [0.15, 0.2) is 42.5 Å². The van der Waals surface area contributed by atoms with Crippen molar-refractivity contribution in [1.82, 2.24) is 4.90 Å². The first-order chi connectivity index (χ1) is 14.2. The first kappa shape index (κ1) is 18.0. The van der Waals surface area contributed by atoms with Gasteiger partial charge in [0.25, 0.3) is 0 Å². The van der Waals surface area contributed by atoms with Gasteiger partial charge in [-0.15, -0.1) is 0 Å². The van der Waals surface area contributed by atoms with Gasteiger partial charge in [-0.1, -0.05) is 43.2 Å². The molecule has 0 unspecified atom stereocenters. The topological polar surface area (TPSA) is 23.5 Å². The van der Waals surface area contributed by atoms with E-state index in [1.54, 1.807) is 5.56 Å². The van der Waals surface area contributed by atoms with E-state index in [0.717, 1.165) is 24.3 Å². The first-order valence-corrected chi connectivity index (χ1v) is 11.9. The van der Waals surface area contributed by atoms with E-state index in [1.807, 2.05) is 0 Å². The van der Waals surface area contributed by atoms with Crippen LogP contribution in [-0.4, -0.2) is 29.1 Å². The molecule has 4 aliphatic rings. The van der Waals surface area contributed by atoms with Gasteiger partial charge in [0.05, 0.1) is 0 Å². The summed E-state index contributed by atoms with van der Waals surface area (Å²) in [6.45, 7) is 2.60. The van der Waals surface area contributed by atoms with Crippen molar-refractivity contribution in [3.63, 3.8) is 0 Å². The second-order valence-electron chi connectivity index (χ2n) is 10.3. The highest BCUT2D eigenvalue weighted by Gasteiger charge is 2.54. The molecule has 2 nitrogen and oxygen atoms in total. The van der Waals surface area contributed by atoms with Crippen molar-refractivity contribution in [3.8, 4) is 5.75 Å². The molecule has 3 atom stereocenters. The number of nitrogens with zero attached hydrogens (tertiary/aromatic N) is 1. The van der Waals surface area contributed by atoms with E-state index < -0.39 is 0 Å². The Morgan fingerprint density at radius 3 is 2.69 bits per heavy atom. The molecular formula is C27H33NO. The molecule has 2 heteroatoms. The first-order valence-electron chi connectivity index (χ1n) is 11.9. The van der Waals surface area contributed by atoms with Crippen LogP contribution < -0.4 is 0 Å². The molecule has 2 bridgehead atoms. The van der Waals surface area contributed by atoms with Crippen molar-refractivity contribution in [2.24, 2.45) is 11.8 Å². The third-order valence-corrected chi connectivity index (χ3v) is 8.58. The van der Waals surface area contributed by atoms with Gasteiger partial charge in [-0.3, -0.25) is 4.90 Å². The van der Waals surface area contributed by atoms with E-state index in [0.29, 0.717) is 11.2 Å². The molecule has 1 N–H and O–H groups in total. The number of aromatic hydroxyl groups is 1. The predicted octanol–water partition coefficient (Wildman–Crippen LogP) is 5.45. The lowest BCUT2D eigenvalue weighted by Gasteiger charge is -2.59. The van der Waals surface area contributed by atoms with Crippen molar-refractivity contribution < 1.29 is 5.11 Å². The number of hydrogen-bond donors (Lipinski definition) is 1. The van der Waals surface area contributed by atoms with Crippen LogP contribution in [0, 0.1) is 11.8 Å². The van der Waals surface area contributed by atoms with Crippen LogP contribution in [0.25, 0.3) is 0 Å². The van der Waals surface area contributed by atoms with Crippen LogP contribution in [0.4, 0.5) is 0 Å². The van der Waals surface area contributed by atoms with E-state index in [2.05, 4.69) is 47.4 Å². The monoisotopic (exact) mass is 387 g/mol. The second-order valence-corrected chi connectivity index (χ2v) is 10.3. The number of phenolic OH excluding ortho intramolecular Hbond substituents is 1. The lowest BCUT2D eigenvalue weighted by Crippen LogP contribution is -2.61. The van der Waals surface area contributed by atoms with E-state index in [4.69, 9.17) is 0 Å². The molecule has 0 aromatic heterocycles. The number of fused-ring (bicyclic) bond motifs is 1. The Morgan fingerprint density at radius 1 is 1.00 bits per heavy atom. The number of hydrogen-bond acceptors (Lipinski definition) is 2. The largest absolute Gasteiger partial charge is 0.508 e. The standard InChI is InChI=1S/C27H33NO/c29-22-15-21(14-19-6-2-1-3-7-19)23-17-26-24-8-4-5-11-27(24,25(23)16-22)12-13-28(26)18-20-9-10-20/h1-3,6-7,15-16,20,24,26,29H,4-5,8-14,17-18H2/t24-,26+,27+/m0/s1. The lowest BCUT2D eigenvalue weighted by molar-refractivity contribution is -0.0136. The SMILES string of the molecule is Oc1cc(Cc2ccccc2)c2c(c1)[C@@]13CCCC[C@H]1[C@@H](C2)N(CC1CC1)CC3. The fraction of sp³-hybridized carbons (Fsp3) is 0.556. The molecule has 3 aliphatic carbocycles. The molecule has 1 aliphatic heterocycles. The van der Waals surface area contributed by atoms with Gasteiger partial charge < -0.3 is 5.11 Å². The predicted molar refractivity (Wildman–Crippen MR) is 117 cm³/mol. The Bertz CT molecular complexity index is 902. The molecule has 0 spiro atoms. The molecule has 29 heavy (non-hydrogen) atoms. The summed E-state index contributed by atoms with van der Waals surface area (Å²) in [6, 6.07) is 15.7. The van der Waals surface area contributed by atoms with Crippen LogP contribution in [0.2, 0.25) is 0 Å². The highest BCUT2D eigenvalue weighted by molar-refractivity contribution is 5.51. The number of rotatable bonds is 4. The Hall–Kier alpha value is -1.80. The van der Waals surface area contributed by atoms with Crippen molar-refractivity contribution >= 4 is 0 Å². The van der Waals surface area contributed by atoms with Crippen LogP contribution in [-0.2, 0) is 18.3 Å². The molecule has 2 saturated carbocycles. The van der Waals surface area contributed by atoms with Gasteiger partial charge in [-0.05, 0) is 97.7 Å². The van der Waals surface area contributed by atoms with Crippen LogP contribution in [0.5, 0.6) is 5.75 Å². The van der Waals surface area contributed by atoms with Gasteiger partial charge >= 0.3 is 0 Å². The number of likely N-dealkylation sites (tertiary alicyclic amines) is 1. The van der Waals surface area contributed by atoms with Gasteiger partial charge in [-0.2, -0.15) is 0 Å². The van der Waals surface area contributed by atoms with Crippen LogP contribution in [0.3, 0.4) is 0 Å². The minimum absolute atomic E-state index is 0.320. The minimum atomic E-state index is 0.320. The van der Waals surface area contributed by atoms with Crippen molar-refractivity contribution in [3.05, 3.63) is 64.7 Å². The molecule has 3 fully saturated rings. The quantitative estimate of drug-likeness (QED) is 0.754. The molecule has 0 radical (unpaired) electrons. The van der Waals surface area contributed by atoms with E-state index in [9.17, 15) is 5.11 Å². The highest BCUT2D eigenvalue weighted by atomic mass is 16.3. The summed E-state index contributed by atoms with van der Waals surface area (Å²) in [4.78, 5) is 2.88. The number of phenols is 1. The average Bonchev–Trinajstić information content (AvgIpc) is 3.56. The fourth-order valence-electron chi connectivity index (χ4n) is 7.08.